The molecule has 0 unspecified atom stereocenters. The SMILES string of the molecule is O=C(CCC1CCCC1)NCC(=O)N1CCC(C(=O)N2CCCC2)CC1. The number of carbonyl (C=O) groups excluding carboxylic acids is 3. The Hall–Kier alpha value is -1.59. The number of carbonyl (C=O) groups is 3. The zero-order valence-electron chi connectivity index (χ0n) is 15.9. The highest BCUT2D eigenvalue weighted by atomic mass is 16.2. The normalized spacial score (nSPS) is 22.0. The summed E-state index contributed by atoms with van der Waals surface area (Å²) >= 11 is 0. The Bertz CT molecular complexity index is 502. The van der Waals surface area contributed by atoms with Gasteiger partial charge in [0.25, 0.3) is 0 Å². The van der Waals surface area contributed by atoms with Crippen LogP contribution < -0.4 is 5.32 Å². The molecule has 2 saturated heterocycles. The highest BCUT2D eigenvalue weighted by Gasteiger charge is 2.31. The summed E-state index contributed by atoms with van der Waals surface area (Å²) < 4.78 is 0. The zero-order chi connectivity index (χ0) is 18.4. The second-order valence-corrected chi connectivity index (χ2v) is 8.15. The van der Waals surface area contributed by atoms with Gasteiger partial charge >= 0.3 is 0 Å². The lowest BCUT2D eigenvalue weighted by molar-refractivity contribution is -0.140. The van der Waals surface area contributed by atoms with Crippen LogP contribution in [0.4, 0.5) is 0 Å². The van der Waals surface area contributed by atoms with Crippen LogP contribution in [0.2, 0.25) is 0 Å². The van der Waals surface area contributed by atoms with Gasteiger partial charge in [-0.15, -0.1) is 0 Å². The van der Waals surface area contributed by atoms with E-state index in [1.807, 2.05) is 4.90 Å². The van der Waals surface area contributed by atoms with E-state index in [-0.39, 0.29) is 30.2 Å². The van der Waals surface area contributed by atoms with Crippen molar-refractivity contribution in [3.8, 4) is 0 Å². The van der Waals surface area contributed by atoms with Crippen LogP contribution in [0.3, 0.4) is 0 Å². The molecule has 2 aliphatic heterocycles. The number of nitrogens with one attached hydrogen (secondary N) is 1. The van der Waals surface area contributed by atoms with Gasteiger partial charge in [-0.1, -0.05) is 25.7 Å². The standard InChI is InChI=1S/C20H33N3O3/c24-18(8-7-16-5-1-2-6-16)21-15-19(25)22-13-9-17(10-14-22)20(26)23-11-3-4-12-23/h16-17H,1-15H2,(H,21,24). The summed E-state index contributed by atoms with van der Waals surface area (Å²) in [5.41, 5.74) is 0. The third-order valence-electron chi connectivity index (χ3n) is 6.31. The molecule has 3 amide bonds. The van der Waals surface area contributed by atoms with Crippen molar-refractivity contribution in [2.24, 2.45) is 11.8 Å². The Morgan fingerprint density at radius 1 is 0.808 bits per heavy atom. The first-order valence-electron chi connectivity index (χ1n) is 10.5. The fourth-order valence-corrected chi connectivity index (χ4v) is 4.58. The first-order valence-corrected chi connectivity index (χ1v) is 10.5. The number of rotatable bonds is 6. The van der Waals surface area contributed by atoms with Crippen LogP contribution in [0.25, 0.3) is 0 Å². The summed E-state index contributed by atoms with van der Waals surface area (Å²) in [6.07, 6.45) is 10.3. The summed E-state index contributed by atoms with van der Waals surface area (Å²) in [7, 11) is 0. The van der Waals surface area contributed by atoms with Crippen molar-refractivity contribution in [3.63, 3.8) is 0 Å². The molecule has 6 nitrogen and oxygen atoms in total. The first-order chi connectivity index (χ1) is 12.6. The van der Waals surface area contributed by atoms with Crippen LogP contribution in [0, 0.1) is 11.8 Å². The number of piperidine rings is 1. The van der Waals surface area contributed by atoms with Crippen LogP contribution in [-0.4, -0.2) is 60.2 Å². The van der Waals surface area contributed by atoms with E-state index in [1.165, 1.54) is 25.7 Å². The lowest BCUT2D eigenvalue weighted by atomic mass is 9.95. The van der Waals surface area contributed by atoms with Gasteiger partial charge in [0.05, 0.1) is 6.54 Å². The summed E-state index contributed by atoms with van der Waals surface area (Å²) in [6.45, 7) is 3.13. The predicted octanol–water partition coefficient (Wildman–Crippen LogP) is 1.93. The minimum absolute atomic E-state index is 0.00986. The molecule has 1 N–H and O–H groups in total. The quantitative estimate of drug-likeness (QED) is 0.784. The largest absolute Gasteiger partial charge is 0.347 e. The van der Waals surface area contributed by atoms with Gasteiger partial charge in [0, 0.05) is 38.5 Å². The molecule has 0 spiro atoms. The van der Waals surface area contributed by atoms with Crippen molar-refractivity contribution in [1.29, 1.82) is 0 Å². The molecule has 0 atom stereocenters. The molecule has 0 aromatic carbocycles. The summed E-state index contributed by atoms with van der Waals surface area (Å²) in [6, 6.07) is 0. The average molecular weight is 364 g/mol. The van der Waals surface area contributed by atoms with Crippen molar-refractivity contribution in [2.45, 2.75) is 64.2 Å². The second kappa shape index (κ2) is 9.38. The Kier molecular flexibility index (Phi) is 6.92. The molecule has 0 radical (unpaired) electrons. The van der Waals surface area contributed by atoms with E-state index >= 15 is 0 Å². The fourth-order valence-electron chi connectivity index (χ4n) is 4.58. The number of hydrogen-bond donors (Lipinski definition) is 1. The van der Waals surface area contributed by atoms with E-state index in [1.54, 1.807) is 4.90 Å². The van der Waals surface area contributed by atoms with Gasteiger partial charge in [-0.05, 0) is 38.0 Å². The molecule has 1 aliphatic carbocycles. The summed E-state index contributed by atoms with van der Waals surface area (Å²) in [5, 5.41) is 2.78. The topological polar surface area (TPSA) is 69.7 Å². The third kappa shape index (κ3) is 5.21. The van der Waals surface area contributed by atoms with Crippen LogP contribution in [0.5, 0.6) is 0 Å². The summed E-state index contributed by atoms with van der Waals surface area (Å²) in [5.74, 6) is 1.01. The van der Waals surface area contributed by atoms with Gasteiger partial charge in [0.1, 0.15) is 0 Å². The highest BCUT2D eigenvalue weighted by Crippen LogP contribution is 2.28. The Morgan fingerprint density at radius 2 is 1.46 bits per heavy atom. The molecule has 2 heterocycles. The molecule has 0 bridgehead atoms. The van der Waals surface area contributed by atoms with E-state index in [9.17, 15) is 14.4 Å². The third-order valence-corrected chi connectivity index (χ3v) is 6.31. The van der Waals surface area contributed by atoms with E-state index in [4.69, 9.17) is 0 Å². The molecule has 3 aliphatic rings. The predicted molar refractivity (Wildman–Crippen MR) is 99.3 cm³/mol. The van der Waals surface area contributed by atoms with Gasteiger partial charge in [0.2, 0.25) is 17.7 Å². The van der Waals surface area contributed by atoms with E-state index < -0.39 is 0 Å². The van der Waals surface area contributed by atoms with Crippen molar-refractivity contribution < 1.29 is 14.4 Å². The maximum Gasteiger partial charge on any atom is 0.241 e. The van der Waals surface area contributed by atoms with E-state index in [0.29, 0.717) is 25.4 Å². The van der Waals surface area contributed by atoms with Gasteiger partial charge in [-0.3, -0.25) is 14.4 Å². The van der Waals surface area contributed by atoms with Crippen molar-refractivity contribution in [1.82, 2.24) is 15.1 Å². The molecular weight excluding hydrogens is 330 g/mol. The van der Waals surface area contributed by atoms with Gasteiger partial charge in [-0.25, -0.2) is 0 Å². The van der Waals surface area contributed by atoms with Crippen molar-refractivity contribution in [3.05, 3.63) is 0 Å². The molecular formula is C20H33N3O3. The highest BCUT2D eigenvalue weighted by molar-refractivity contribution is 5.85. The number of nitrogens with zero attached hydrogens (tertiary/aromatic N) is 2. The van der Waals surface area contributed by atoms with Gasteiger partial charge < -0.3 is 15.1 Å². The monoisotopic (exact) mass is 363 g/mol. The van der Waals surface area contributed by atoms with Crippen LogP contribution >= 0.6 is 0 Å². The van der Waals surface area contributed by atoms with Crippen LogP contribution in [0.15, 0.2) is 0 Å². The average Bonchev–Trinajstić information content (AvgIpc) is 3.37. The lowest BCUT2D eigenvalue weighted by Gasteiger charge is -2.33. The second-order valence-electron chi connectivity index (χ2n) is 8.15. The maximum absolute atomic E-state index is 12.4. The van der Waals surface area contributed by atoms with Crippen LogP contribution in [0.1, 0.15) is 64.2 Å². The Morgan fingerprint density at radius 3 is 2.12 bits per heavy atom. The number of hydrogen-bond acceptors (Lipinski definition) is 3. The lowest BCUT2D eigenvalue weighted by Crippen LogP contribution is -2.46. The smallest absolute Gasteiger partial charge is 0.241 e. The Labute approximate surface area is 156 Å². The molecule has 26 heavy (non-hydrogen) atoms. The first kappa shape index (κ1) is 19.2. The van der Waals surface area contributed by atoms with E-state index in [2.05, 4.69) is 5.32 Å². The molecule has 146 valence electrons. The fraction of sp³-hybridized carbons (Fsp3) is 0.850. The Balaban J connectivity index is 1.31. The van der Waals surface area contributed by atoms with Crippen molar-refractivity contribution >= 4 is 17.7 Å². The van der Waals surface area contributed by atoms with Crippen LogP contribution in [-0.2, 0) is 14.4 Å². The van der Waals surface area contributed by atoms with Gasteiger partial charge in [-0.2, -0.15) is 0 Å². The van der Waals surface area contributed by atoms with Crippen molar-refractivity contribution in [2.75, 3.05) is 32.7 Å². The molecule has 1 saturated carbocycles. The van der Waals surface area contributed by atoms with E-state index in [0.717, 1.165) is 45.2 Å². The zero-order valence-corrected chi connectivity index (χ0v) is 15.9. The number of amides is 3. The minimum Gasteiger partial charge on any atom is -0.347 e. The molecule has 0 aromatic rings. The minimum atomic E-state index is -0.0220. The number of likely N-dealkylation sites (tertiary alicyclic amines) is 2. The maximum atomic E-state index is 12.4. The van der Waals surface area contributed by atoms with Gasteiger partial charge in [0.15, 0.2) is 0 Å². The molecule has 6 heteroatoms. The summed E-state index contributed by atoms with van der Waals surface area (Å²) in [4.78, 5) is 40.5. The molecule has 3 fully saturated rings. The molecule has 0 aromatic heterocycles. The molecule has 3 rings (SSSR count).